The van der Waals surface area contributed by atoms with Crippen molar-refractivity contribution >= 4 is 29.6 Å². The normalized spacial score (nSPS) is 20.4. The summed E-state index contributed by atoms with van der Waals surface area (Å²) in [5, 5.41) is 5.92. The van der Waals surface area contributed by atoms with E-state index < -0.39 is 48.3 Å². The number of ether oxygens (including phenoxy) is 3. The van der Waals surface area contributed by atoms with E-state index in [0.29, 0.717) is 19.4 Å². The van der Waals surface area contributed by atoms with Crippen molar-refractivity contribution in [1.29, 1.82) is 0 Å². The molecule has 2 aliphatic rings. The summed E-state index contributed by atoms with van der Waals surface area (Å²) in [4.78, 5) is 73.5. The number of allylic oxidation sites excluding steroid dienone is 3. The number of methoxy groups -OCH3 is 3. The van der Waals surface area contributed by atoms with Gasteiger partial charge in [0.15, 0.2) is 0 Å². The Morgan fingerprint density at radius 3 is 2.07 bits per heavy atom. The van der Waals surface area contributed by atoms with Crippen LogP contribution in [0.4, 0.5) is 0 Å². The lowest BCUT2D eigenvalue weighted by Gasteiger charge is -2.41. The second-order valence-electron chi connectivity index (χ2n) is 16.0. The molecule has 0 aromatic carbocycles. The summed E-state index contributed by atoms with van der Waals surface area (Å²) in [6.07, 6.45) is 9.07. The number of nitrogens with one attached hydrogen (secondary N) is 2. The van der Waals surface area contributed by atoms with Gasteiger partial charge in [0.2, 0.25) is 23.6 Å². The summed E-state index contributed by atoms with van der Waals surface area (Å²) in [7, 11) is 9.83. The second kappa shape index (κ2) is 22.3. The van der Waals surface area contributed by atoms with Crippen molar-refractivity contribution in [1.82, 2.24) is 25.3 Å². The van der Waals surface area contributed by atoms with Crippen molar-refractivity contribution in [3.63, 3.8) is 0 Å². The van der Waals surface area contributed by atoms with E-state index in [-0.39, 0.29) is 53.8 Å². The van der Waals surface area contributed by atoms with E-state index in [4.69, 9.17) is 14.2 Å². The number of carbonyl (C=O) groups is 5. The van der Waals surface area contributed by atoms with Crippen molar-refractivity contribution in [2.24, 2.45) is 23.7 Å². The summed E-state index contributed by atoms with van der Waals surface area (Å²) in [5.41, 5.74) is 0.963. The largest absolute Gasteiger partial charge is 0.467 e. The first-order valence-corrected chi connectivity index (χ1v) is 19.8. The molecule has 2 rings (SSSR count). The molecule has 0 bridgehead atoms. The van der Waals surface area contributed by atoms with Crippen molar-refractivity contribution in [2.45, 2.75) is 136 Å². The number of amides is 4. The average Bonchev–Trinajstić information content (AvgIpc) is 3.62. The van der Waals surface area contributed by atoms with Crippen LogP contribution < -0.4 is 10.6 Å². The fraction of sp³-hybridized carbons (Fsp3) is 0.780. The van der Waals surface area contributed by atoms with Crippen molar-refractivity contribution in [2.75, 3.05) is 49.0 Å². The van der Waals surface area contributed by atoms with Crippen LogP contribution in [0, 0.1) is 23.7 Å². The Morgan fingerprint density at radius 1 is 0.907 bits per heavy atom. The lowest BCUT2D eigenvalue weighted by Crippen LogP contribution is -2.59. The van der Waals surface area contributed by atoms with Gasteiger partial charge in [-0.2, -0.15) is 0 Å². The van der Waals surface area contributed by atoms with Gasteiger partial charge in [0.1, 0.15) is 12.1 Å². The van der Waals surface area contributed by atoms with Gasteiger partial charge in [-0.25, -0.2) is 4.79 Å². The van der Waals surface area contributed by atoms with Gasteiger partial charge < -0.3 is 34.6 Å². The van der Waals surface area contributed by atoms with Gasteiger partial charge in [0.25, 0.3) is 0 Å². The highest BCUT2D eigenvalue weighted by Crippen LogP contribution is 2.30. The Balaban J connectivity index is 2.28. The molecule has 9 atom stereocenters. The molecule has 1 heterocycles. The van der Waals surface area contributed by atoms with Crippen LogP contribution in [-0.2, 0) is 38.2 Å². The number of likely N-dealkylation sites (N-methyl/N-ethyl adjacent to an activating group) is 2. The van der Waals surface area contributed by atoms with Crippen LogP contribution >= 0.6 is 0 Å². The summed E-state index contributed by atoms with van der Waals surface area (Å²) in [6, 6.07) is -2.86. The Morgan fingerprint density at radius 2 is 1.57 bits per heavy atom. The SMILES string of the molecule is CC[C@H](C)[C@@H]([C@@H](CC(=O)N1CCC[C@H]1[C@H](OC)[C@@H](C)C(=O)N[C@@H](CC1=CCCC=C1)C(=O)OC)OC)N(C)C(=O)[C@@H](NC(=O)[C@H](C(C)C)N(C)C)C(C)C. The zero-order valence-electron chi connectivity index (χ0n) is 35.3. The highest BCUT2D eigenvalue weighted by atomic mass is 16.5. The topological polar surface area (TPSA) is 147 Å². The van der Waals surface area contributed by atoms with Crippen LogP contribution in [0.5, 0.6) is 0 Å². The van der Waals surface area contributed by atoms with E-state index in [1.165, 1.54) is 14.2 Å². The fourth-order valence-electron chi connectivity index (χ4n) is 8.10. The number of esters is 1. The molecule has 1 aliphatic carbocycles. The summed E-state index contributed by atoms with van der Waals surface area (Å²) in [5.74, 6) is -2.34. The van der Waals surface area contributed by atoms with Crippen molar-refractivity contribution < 1.29 is 38.2 Å². The predicted molar refractivity (Wildman–Crippen MR) is 210 cm³/mol. The van der Waals surface area contributed by atoms with Gasteiger partial charge in [-0.1, -0.05) is 73.1 Å². The van der Waals surface area contributed by atoms with E-state index in [9.17, 15) is 24.0 Å². The van der Waals surface area contributed by atoms with Gasteiger partial charge in [0, 0.05) is 34.2 Å². The summed E-state index contributed by atoms with van der Waals surface area (Å²) in [6.45, 7) is 14.1. The number of nitrogens with zero attached hydrogens (tertiary/aromatic N) is 3. The van der Waals surface area contributed by atoms with Crippen LogP contribution in [0.15, 0.2) is 23.8 Å². The van der Waals surface area contributed by atoms with Crippen LogP contribution in [0.25, 0.3) is 0 Å². The van der Waals surface area contributed by atoms with E-state index in [1.807, 2.05) is 72.7 Å². The molecule has 0 saturated carbocycles. The van der Waals surface area contributed by atoms with Gasteiger partial charge in [0.05, 0.1) is 49.8 Å². The molecule has 13 nitrogen and oxygen atoms in total. The number of hydrogen-bond donors (Lipinski definition) is 2. The highest BCUT2D eigenvalue weighted by Gasteiger charge is 2.43. The molecule has 1 aliphatic heterocycles. The zero-order valence-corrected chi connectivity index (χ0v) is 35.3. The molecule has 0 radical (unpaired) electrons. The minimum Gasteiger partial charge on any atom is -0.467 e. The summed E-state index contributed by atoms with van der Waals surface area (Å²) < 4.78 is 17.0. The molecular weight excluding hydrogens is 690 g/mol. The second-order valence-corrected chi connectivity index (χ2v) is 16.0. The van der Waals surface area contributed by atoms with Crippen LogP contribution in [0.1, 0.15) is 93.4 Å². The van der Waals surface area contributed by atoms with E-state index in [1.54, 1.807) is 30.9 Å². The minimum absolute atomic E-state index is 0.0123. The fourth-order valence-corrected chi connectivity index (χ4v) is 8.10. The maximum atomic E-state index is 14.2. The Labute approximate surface area is 324 Å². The van der Waals surface area contributed by atoms with E-state index in [2.05, 4.69) is 16.7 Å². The molecule has 1 saturated heterocycles. The first kappa shape index (κ1) is 46.9. The average molecular weight is 762 g/mol. The Hall–Kier alpha value is -3.29. The zero-order chi connectivity index (χ0) is 40.9. The minimum atomic E-state index is -0.856. The van der Waals surface area contributed by atoms with Gasteiger partial charge in [-0.05, 0) is 63.1 Å². The number of hydrogen-bond acceptors (Lipinski definition) is 9. The van der Waals surface area contributed by atoms with Crippen LogP contribution in [-0.4, -0.2) is 136 Å². The molecule has 13 heteroatoms. The first-order valence-electron chi connectivity index (χ1n) is 19.8. The molecule has 1 fully saturated rings. The van der Waals surface area contributed by atoms with Crippen LogP contribution in [0.2, 0.25) is 0 Å². The number of carbonyl (C=O) groups excluding carboxylic acids is 5. The lowest BCUT2D eigenvalue weighted by molar-refractivity contribution is -0.149. The van der Waals surface area contributed by atoms with Gasteiger partial charge in [-0.15, -0.1) is 0 Å². The maximum Gasteiger partial charge on any atom is 0.328 e. The van der Waals surface area contributed by atoms with Crippen molar-refractivity contribution in [3.8, 4) is 0 Å². The smallest absolute Gasteiger partial charge is 0.328 e. The van der Waals surface area contributed by atoms with Gasteiger partial charge in [-0.3, -0.25) is 24.1 Å². The molecule has 0 aromatic rings. The third-order valence-corrected chi connectivity index (χ3v) is 11.3. The highest BCUT2D eigenvalue weighted by molar-refractivity contribution is 5.90. The number of likely N-dealkylation sites (tertiary alicyclic amines) is 1. The third kappa shape index (κ3) is 12.4. The predicted octanol–water partition coefficient (Wildman–Crippen LogP) is 3.96. The molecule has 2 N–H and O–H groups in total. The number of rotatable bonds is 21. The third-order valence-electron chi connectivity index (χ3n) is 11.3. The molecular formula is C41H71N5O8. The molecule has 0 spiro atoms. The van der Waals surface area contributed by atoms with E-state index in [0.717, 1.165) is 31.3 Å². The van der Waals surface area contributed by atoms with Crippen molar-refractivity contribution in [3.05, 3.63) is 23.8 Å². The quantitative estimate of drug-likeness (QED) is 0.166. The standard InChI is InChI=1S/C41H71N5O8/c1-14-27(6)36(45(10)40(50)34(25(2)3)43-39(49)35(26(4)5)44(8)9)32(52-11)24-33(47)46-22-18-21-31(46)37(53-12)28(7)38(48)42-30(41(51)54-13)23-29-19-16-15-17-20-29/h16,19-20,25-28,30-32,34-37H,14-15,17-18,21-24H2,1-13H3,(H,42,48)(H,43,49)/t27-,28+,30-,31-,32+,34-,35-,36-,37+/m0/s1. The molecule has 4 amide bonds. The maximum absolute atomic E-state index is 14.2. The molecule has 0 unspecified atom stereocenters. The van der Waals surface area contributed by atoms with E-state index >= 15 is 0 Å². The Bertz CT molecular complexity index is 1310. The Kier molecular flexibility index (Phi) is 19.4. The monoisotopic (exact) mass is 762 g/mol. The molecule has 0 aromatic heterocycles. The molecule has 308 valence electrons. The first-order chi connectivity index (χ1) is 25.4. The van der Waals surface area contributed by atoms with Gasteiger partial charge >= 0.3 is 5.97 Å². The summed E-state index contributed by atoms with van der Waals surface area (Å²) >= 11 is 0. The lowest BCUT2D eigenvalue weighted by atomic mass is 9.89. The van der Waals surface area contributed by atoms with Crippen LogP contribution in [0.3, 0.4) is 0 Å². The molecule has 54 heavy (non-hydrogen) atoms.